The minimum absolute atomic E-state index is 0.155. The standard InChI is InChI=1S/C20H18BrN3O3/c1-22-20(7-8-20)13-10-23-14-6-5-11(21)9-12(14)18(13)24-15-3-2-4-16(25)17(15)19(26)27/h2-6,9-10,22,25H,7-8H2,1H3,(H,23,24)(H,26,27). The van der Waals surface area contributed by atoms with Crippen molar-refractivity contribution >= 4 is 44.2 Å². The number of hydrogen-bond acceptors (Lipinski definition) is 5. The summed E-state index contributed by atoms with van der Waals surface area (Å²) in [5.74, 6) is -1.46. The third kappa shape index (κ3) is 3.02. The summed E-state index contributed by atoms with van der Waals surface area (Å²) in [5, 5.41) is 27.1. The molecule has 1 heterocycles. The fourth-order valence-corrected chi connectivity index (χ4v) is 3.81. The van der Waals surface area contributed by atoms with E-state index in [1.807, 2.05) is 31.4 Å². The van der Waals surface area contributed by atoms with Gasteiger partial charge >= 0.3 is 5.97 Å². The van der Waals surface area contributed by atoms with Crippen LogP contribution in [0.5, 0.6) is 5.75 Å². The van der Waals surface area contributed by atoms with Gasteiger partial charge in [0.25, 0.3) is 0 Å². The summed E-state index contributed by atoms with van der Waals surface area (Å²) in [7, 11) is 1.92. The highest BCUT2D eigenvalue weighted by Gasteiger charge is 2.45. The second kappa shape index (κ2) is 6.51. The maximum atomic E-state index is 11.7. The minimum Gasteiger partial charge on any atom is -0.507 e. The van der Waals surface area contributed by atoms with Crippen molar-refractivity contribution in [2.24, 2.45) is 0 Å². The lowest BCUT2D eigenvalue weighted by molar-refractivity contribution is 0.0695. The van der Waals surface area contributed by atoms with E-state index >= 15 is 0 Å². The Balaban J connectivity index is 1.95. The van der Waals surface area contributed by atoms with Crippen LogP contribution < -0.4 is 10.6 Å². The molecule has 7 heteroatoms. The van der Waals surface area contributed by atoms with Crippen LogP contribution in [0.3, 0.4) is 0 Å². The Morgan fingerprint density at radius 1 is 1.26 bits per heavy atom. The molecule has 27 heavy (non-hydrogen) atoms. The number of halogens is 1. The van der Waals surface area contributed by atoms with Gasteiger partial charge in [0.15, 0.2) is 0 Å². The van der Waals surface area contributed by atoms with Gasteiger partial charge in [0.1, 0.15) is 11.3 Å². The summed E-state index contributed by atoms with van der Waals surface area (Å²) >= 11 is 3.50. The van der Waals surface area contributed by atoms with Crippen molar-refractivity contribution in [2.45, 2.75) is 18.4 Å². The molecule has 6 nitrogen and oxygen atoms in total. The molecule has 4 N–H and O–H groups in total. The smallest absolute Gasteiger partial charge is 0.341 e. The molecule has 0 unspecified atom stereocenters. The lowest BCUT2D eigenvalue weighted by Gasteiger charge is -2.22. The molecule has 138 valence electrons. The van der Waals surface area contributed by atoms with E-state index in [0.29, 0.717) is 5.69 Å². The Morgan fingerprint density at radius 2 is 2.04 bits per heavy atom. The van der Waals surface area contributed by atoms with E-state index in [9.17, 15) is 15.0 Å². The predicted octanol–water partition coefficient (Wildman–Crippen LogP) is 4.35. The molecule has 4 rings (SSSR count). The first kappa shape index (κ1) is 17.8. The largest absolute Gasteiger partial charge is 0.507 e. The summed E-state index contributed by atoms with van der Waals surface area (Å²) in [5.41, 5.74) is 2.58. The average molecular weight is 428 g/mol. The van der Waals surface area contributed by atoms with Crippen molar-refractivity contribution in [1.82, 2.24) is 10.3 Å². The number of rotatable bonds is 5. The molecule has 0 amide bonds. The number of aromatic nitrogens is 1. The first-order chi connectivity index (χ1) is 12.9. The molecule has 0 atom stereocenters. The van der Waals surface area contributed by atoms with Gasteiger partial charge in [-0.05, 0) is 50.2 Å². The van der Waals surface area contributed by atoms with Gasteiger partial charge in [0, 0.05) is 27.2 Å². The molecule has 1 aromatic heterocycles. The highest BCUT2D eigenvalue weighted by Crippen LogP contribution is 2.50. The van der Waals surface area contributed by atoms with Crippen LogP contribution in [0.1, 0.15) is 28.8 Å². The van der Waals surface area contributed by atoms with Crippen LogP contribution in [0.15, 0.2) is 47.1 Å². The fourth-order valence-electron chi connectivity index (χ4n) is 3.45. The number of carboxylic acids is 1. The van der Waals surface area contributed by atoms with E-state index in [0.717, 1.165) is 39.5 Å². The highest BCUT2D eigenvalue weighted by atomic mass is 79.9. The van der Waals surface area contributed by atoms with Crippen molar-refractivity contribution in [1.29, 1.82) is 0 Å². The van der Waals surface area contributed by atoms with Crippen molar-refractivity contribution in [3.8, 4) is 5.75 Å². The fraction of sp³-hybridized carbons (Fsp3) is 0.200. The number of anilines is 2. The third-order valence-corrected chi connectivity index (χ3v) is 5.58. The molecule has 0 spiro atoms. The van der Waals surface area contributed by atoms with E-state index in [1.54, 1.807) is 12.1 Å². The number of aromatic hydroxyl groups is 1. The van der Waals surface area contributed by atoms with Crippen molar-refractivity contribution in [3.63, 3.8) is 0 Å². The summed E-state index contributed by atoms with van der Waals surface area (Å²) in [4.78, 5) is 16.3. The first-order valence-corrected chi connectivity index (χ1v) is 9.34. The number of nitrogens with one attached hydrogen (secondary N) is 2. The highest BCUT2D eigenvalue weighted by molar-refractivity contribution is 9.10. The first-order valence-electron chi connectivity index (χ1n) is 8.55. The van der Waals surface area contributed by atoms with Gasteiger partial charge < -0.3 is 20.8 Å². The summed E-state index contributed by atoms with van der Waals surface area (Å²) in [6, 6.07) is 10.4. The van der Waals surface area contributed by atoms with E-state index in [1.165, 1.54) is 6.07 Å². The normalized spacial score (nSPS) is 14.9. The number of aromatic carboxylic acids is 1. The van der Waals surface area contributed by atoms with Gasteiger partial charge in [-0.15, -0.1) is 0 Å². The number of phenols is 1. The van der Waals surface area contributed by atoms with Crippen LogP contribution in [0.2, 0.25) is 0 Å². The Morgan fingerprint density at radius 3 is 2.70 bits per heavy atom. The average Bonchev–Trinajstić information content (AvgIpc) is 3.43. The van der Waals surface area contributed by atoms with Gasteiger partial charge in [-0.3, -0.25) is 4.98 Å². The van der Waals surface area contributed by atoms with Crippen molar-refractivity contribution in [3.05, 3.63) is 58.2 Å². The molecule has 0 aliphatic heterocycles. The molecule has 0 radical (unpaired) electrons. The number of fused-ring (bicyclic) bond motifs is 1. The molecular formula is C20H18BrN3O3. The second-order valence-electron chi connectivity index (χ2n) is 6.67. The minimum atomic E-state index is -1.19. The van der Waals surface area contributed by atoms with E-state index in [4.69, 9.17) is 0 Å². The number of pyridine rings is 1. The van der Waals surface area contributed by atoms with E-state index in [-0.39, 0.29) is 16.9 Å². The molecular weight excluding hydrogens is 410 g/mol. The predicted molar refractivity (Wildman–Crippen MR) is 108 cm³/mol. The molecule has 1 aliphatic rings. The summed E-state index contributed by atoms with van der Waals surface area (Å²) in [6.45, 7) is 0. The quantitative estimate of drug-likeness (QED) is 0.483. The van der Waals surface area contributed by atoms with Crippen LogP contribution >= 0.6 is 15.9 Å². The van der Waals surface area contributed by atoms with Gasteiger partial charge in [0.05, 0.1) is 16.9 Å². The Hall–Kier alpha value is -2.64. The summed E-state index contributed by atoms with van der Waals surface area (Å²) in [6.07, 6.45) is 3.79. The van der Waals surface area contributed by atoms with E-state index in [2.05, 4.69) is 31.5 Å². The zero-order chi connectivity index (χ0) is 19.2. The zero-order valence-electron chi connectivity index (χ0n) is 14.6. The number of carboxylic acid groups (broad SMARTS) is 1. The van der Waals surface area contributed by atoms with Gasteiger partial charge in [0.2, 0.25) is 0 Å². The topological polar surface area (TPSA) is 94.5 Å². The zero-order valence-corrected chi connectivity index (χ0v) is 16.2. The SMILES string of the molecule is CNC1(c2cnc3ccc(Br)cc3c2Nc2cccc(O)c2C(=O)O)CC1. The van der Waals surface area contributed by atoms with Crippen LogP contribution in [0.25, 0.3) is 10.9 Å². The molecule has 1 saturated carbocycles. The maximum Gasteiger partial charge on any atom is 0.341 e. The monoisotopic (exact) mass is 427 g/mol. The lowest BCUT2D eigenvalue weighted by Crippen LogP contribution is -2.26. The molecule has 1 fully saturated rings. The Kier molecular flexibility index (Phi) is 4.28. The number of hydrogen-bond donors (Lipinski definition) is 4. The Labute approximate surface area is 164 Å². The molecule has 0 bridgehead atoms. The molecule has 3 aromatic rings. The van der Waals surface area contributed by atoms with Gasteiger partial charge in [-0.2, -0.15) is 0 Å². The maximum absolute atomic E-state index is 11.7. The van der Waals surface area contributed by atoms with Gasteiger partial charge in [-0.25, -0.2) is 4.79 Å². The van der Waals surface area contributed by atoms with Crippen molar-refractivity contribution in [2.75, 3.05) is 12.4 Å². The third-order valence-electron chi connectivity index (χ3n) is 5.09. The van der Waals surface area contributed by atoms with Crippen molar-refractivity contribution < 1.29 is 15.0 Å². The number of benzene rings is 2. The molecule has 1 aliphatic carbocycles. The van der Waals surface area contributed by atoms with Crippen LogP contribution in [-0.4, -0.2) is 28.2 Å². The number of carbonyl (C=O) groups is 1. The van der Waals surface area contributed by atoms with Crippen LogP contribution in [0.4, 0.5) is 11.4 Å². The lowest BCUT2D eigenvalue weighted by atomic mass is 10.0. The number of nitrogens with zero attached hydrogens (tertiary/aromatic N) is 1. The summed E-state index contributed by atoms with van der Waals surface area (Å²) < 4.78 is 0.903. The van der Waals surface area contributed by atoms with E-state index < -0.39 is 5.97 Å². The second-order valence-corrected chi connectivity index (χ2v) is 7.59. The van der Waals surface area contributed by atoms with Crippen LogP contribution in [-0.2, 0) is 5.54 Å². The van der Waals surface area contributed by atoms with Gasteiger partial charge in [-0.1, -0.05) is 22.0 Å². The van der Waals surface area contributed by atoms with Crippen LogP contribution in [0, 0.1) is 0 Å². The Bertz CT molecular complexity index is 1060. The molecule has 0 saturated heterocycles. The molecule has 2 aromatic carbocycles.